The van der Waals surface area contributed by atoms with Crippen LogP contribution in [-0.4, -0.2) is 107 Å². The van der Waals surface area contributed by atoms with Gasteiger partial charge in [0.15, 0.2) is 5.96 Å². The Bertz CT molecular complexity index is 1140. The van der Waals surface area contributed by atoms with Gasteiger partial charge >= 0.3 is 0 Å². The molecule has 6 amide bonds. The molecule has 0 heterocycles. The van der Waals surface area contributed by atoms with E-state index in [1.807, 2.05) is 34.6 Å². The molecule has 0 aliphatic carbocycles. The molecule has 0 saturated heterocycles. The lowest BCUT2D eigenvalue weighted by molar-refractivity contribution is -0.134. The molecule has 0 fully saturated rings. The summed E-state index contributed by atoms with van der Waals surface area (Å²) in [6.07, 6.45) is 1.46. The molecule has 19 heteroatoms. The summed E-state index contributed by atoms with van der Waals surface area (Å²) in [5, 5.41) is 29.4. The number of aliphatic hydroxyl groups excluding tert-OH is 1. The number of aliphatic imine (C=N–C) groups is 1. The molecule has 0 spiro atoms. The summed E-state index contributed by atoms with van der Waals surface area (Å²) >= 11 is 0. The Morgan fingerprint density at radius 2 is 1.24 bits per heavy atom. The van der Waals surface area contributed by atoms with Crippen molar-refractivity contribution in [2.45, 2.75) is 111 Å². The number of aliphatic carboxylic acids is 1. The maximum atomic E-state index is 13.2. The van der Waals surface area contributed by atoms with Crippen LogP contribution in [0.15, 0.2) is 4.99 Å². The zero-order valence-corrected chi connectivity index (χ0v) is 30.3. The Labute approximate surface area is 293 Å². The smallest absolute Gasteiger partial charge is 0.300 e. The maximum absolute atomic E-state index is 13.2. The highest BCUT2D eigenvalue weighted by atomic mass is 16.4. The average Bonchev–Trinajstić information content (AvgIpc) is 3.01. The van der Waals surface area contributed by atoms with Crippen LogP contribution in [0.4, 0.5) is 0 Å². The van der Waals surface area contributed by atoms with Crippen molar-refractivity contribution < 1.29 is 43.8 Å². The van der Waals surface area contributed by atoms with Crippen molar-refractivity contribution >= 4 is 47.4 Å². The highest BCUT2D eigenvalue weighted by Crippen LogP contribution is 2.11. The third kappa shape index (κ3) is 22.2. The molecule has 6 unspecified atom stereocenters. The molecule has 0 aliphatic heterocycles. The van der Waals surface area contributed by atoms with Crippen molar-refractivity contribution in [1.29, 1.82) is 0 Å². The lowest BCUT2D eigenvalue weighted by atomic mass is 9.96. The summed E-state index contributed by atoms with van der Waals surface area (Å²) in [5.41, 5.74) is 21.7. The van der Waals surface area contributed by atoms with Gasteiger partial charge in [-0.1, -0.05) is 48.0 Å². The predicted octanol–water partition coefficient (Wildman–Crippen LogP) is -2.87. The molecule has 15 N–H and O–H groups in total. The largest absolute Gasteiger partial charge is 0.481 e. The van der Waals surface area contributed by atoms with Gasteiger partial charge in [0.05, 0.1) is 13.2 Å². The molecule has 19 nitrogen and oxygen atoms in total. The van der Waals surface area contributed by atoms with Crippen LogP contribution in [0.5, 0.6) is 0 Å². The van der Waals surface area contributed by atoms with E-state index in [4.69, 9.17) is 32.8 Å². The lowest BCUT2D eigenvalue weighted by Gasteiger charge is -2.27. The number of guanidine groups is 1. The van der Waals surface area contributed by atoms with Crippen molar-refractivity contribution in [1.82, 2.24) is 26.6 Å². The van der Waals surface area contributed by atoms with E-state index in [1.54, 1.807) is 6.92 Å². The van der Waals surface area contributed by atoms with Gasteiger partial charge < -0.3 is 59.7 Å². The summed E-state index contributed by atoms with van der Waals surface area (Å²) in [4.78, 5) is 89.4. The molecule has 0 aliphatic rings. The average molecular weight is 717 g/mol. The second-order valence-corrected chi connectivity index (χ2v) is 12.8. The molecule has 0 rings (SSSR count). The van der Waals surface area contributed by atoms with Gasteiger partial charge in [0.2, 0.25) is 35.4 Å². The third-order valence-corrected chi connectivity index (χ3v) is 7.05. The lowest BCUT2D eigenvalue weighted by Crippen LogP contribution is -2.58. The van der Waals surface area contributed by atoms with E-state index >= 15 is 0 Å². The van der Waals surface area contributed by atoms with Gasteiger partial charge in [0.1, 0.15) is 30.2 Å². The highest BCUT2D eigenvalue weighted by Gasteiger charge is 2.32. The summed E-state index contributed by atoms with van der Waals surface area (Å²) in [6, 6.07) is -5.35. The number of amides is 6. The Balaban J connectivity index is 0. The van der Waals surface area contributed by atoms with Crippen molar-refractivity contribution in [2.24, 2.45) is 45.7 Å². The molecular formula is C31H60N10O9. The fraction of sp³-hybridized carbons (Fsp3) is 0.742. The first-order chi connectivity index (χ1) is 23.2. The van der Waals surface area contributed by atoms with Gasteiger partial charge in [-0.3, -0.25) is 38.6 Å². The molecule has 288 valence electrons. The number of carbonyl (C=O) groups excluding carboxylic acids is 6. The monoisotopic (exact) mass is 716 g/mol. The van der Waals surface area contributed by atoms with Crippen LogP contribution in [0, 0.1) is 17.8 Å². The molecule has 0 aromatic rings. The van der Waals surface area contributed by atoms with E-state index in [1.165, 1.54) is 0 Å². The van der Waals surface area contributed by atoms with Crippen LogP contribution in [0.2, 0.25) is 0 Å². The number of hydrogen-bond donors (Lipinski definition) is 11. The van der Waals surface area contributed by atoms with Crippen molar-refractivity contribution in [2.75, 3.05) is 19.7 Å². The number of carboxylic acid groups (broad SMARTS) is 1. The first kappa shape index (κ1) is 47.6. The van der Waals surface area contributed by atoms with E-state index in [0.29, 0.717) is 19.3 Å². The number of rotatable bonds is 22. The highest BCUT2D eigenvalue weighted by molar-refractivity contribution is 5.95. The van der Waals surface area contributed by atoms with E-state index in [-0.39, 0.29) is 43.1 Å². The van der Waals surface area contributed by atoms with Gasteiger partial charge in [0.25, 0.3) is 5.97 Å². The number of carbonyl (C=O) groups is 7. The van der Waals surface area contributed by atoms with Gasteiger partial charge in [-0.15, -0.1) is 0 Å². The minimum Gasteiger partial charge on any atom is -0.481 e. The number of nitrogens with two attached hydrogens (primary N) is 4. The molecule has 0 aromatic heterocycles. The van der Waals surface area contributed by atoms with E-state index in [0.717, 1.165) is 6.92 Å². The summed E-state index contributed by atoms with van der Waals surface area (Å²) in [5.74, 6) is -5.33. The Kier molecular flexibility index (Phi) is 24.2. The molecule has 6 atom stereocenters. The molecule has 0 radical (unpaired) electrons. The number of nitrogens with one attached hydrogen (secondary N) is 5. The summed E-state index contributed by atoms with van der Waals surface area (Å²) in [7, 11) is 0. The number of nitrogens with zero attached hydrogens (tertiary/aromatic N) is 1. The number of aliphatic hydroxyl groups is 1. The second kappa shape index (κ2) is 25.5. The van der Waals surface area contributed by atoms with Crippen LogP contribution in [0.1, 0.15) is 80.6 Å². The molecule has 0 bridgehead atoms. The molecule has 0 saturated carbocycles. The van der Waals surface area contributed by atoms with Gasteiger partial charge in [-0.2, -0.15) is 0 Å². The van der Waals surface area contributed by atoms with Crippen LogP contribution in [0.25, 0.3) is 0 Å². The van der Waals surface area contributed by atoms with Gasteiger partial charge in [-0.25, -0.2) is 0 Å². The van der Waals surface area contributed by atoms with Gasteiger partial charge in [-0.05, 0) is 43.4 Å². The first-order valence-corrected chi connectivity index (χ1v) is 16.5. The fourth-order valence-electron chi connectivity index (χ4n) is 4.31. The SMILES string of the molecule is CC(=O)O.CCC(C)C(NC(=O)C(CC(C)C)NC(=O)C(N)CO)C(=O)NCC(=O)NC(CCCN=C(N)N)C(=O)NC(CC(C)C)C(N)=O. The molecular weight excluding hydrogens is 656 g/mol. The summed E-state index contributed by atoms with van der Waals surface area (Å²) in [6.45, 7) is 11.1. The second-order valence-electron chi connectivity index (χ2n) is 12.8. The number of primary amides is 1. The van der Waals surface area contributed by atoms with Crippen LogP contribution >= 0.6 is 0 Å². The number of carboxylic acids is 1. The van der Waals surface area contributed by atoms with E-state index in [9.17, 15) is 33.9 Å². The normalized spacial score (nSPS) is 14.3. The van der Waals surface area contributed by atoms with Crippen molar-refractivity contribution in [3.05, 3.63) is 0 Å². The van der Waals surface area contributed by atoms with Crippen molar-refractivity contribution in [3.8, 4) is 0 Å². The zero-order chi connectivity index (χ0) is 39.1. The topological polar surface area (TPSA) is 337 Å². The maximum Gasteiger partial charge on any atom is 0.300 e. The standard InChI is InChI=1S/C29H56N10O7.C2H4O2/c1-7-17(6)23(39-27(45)21(12-16(4)5)38-25(43)18(30)14-40)28(46)35-13-22(41)36-19(9-8-10-34-29(32)33)26(44)37-20(24(31)42)11-15(2)3;1-2(3)4/h15-21,23,40H,7-14,30H2,1-6H3,(H2,31,42)(H,35,46)(H,36,41)(H,37,44)(H,38,43)(H,39,45)(H4,32,33,34);1H3,(H,3,4). The van der Waals surface area contributed by atoms with Crippen LogP contribution < -0.4 is 49.5 Å². The predicted molar refractivity (Wildman–Crippen MR) is 187 cm³/mol. The molecule has 0 aromatic carbocycles. The zero-order valence-electron chi connectivity index (χ0n) is 30.3. The Morgan fingerprint density at radius 3 is 1.70 bits per heavy atom. The summed E-state index contributed by atoms with van der Waals surface area (Å²) < 4.78 is 0. The quantitative estimate of drug-likeness (QED) is 0.0306. The number of hydrogen-bond acceptors (Lipinski definition) is 10. The third-order valence-electron chi connectivity index (χ3n) is 7.05. The fourth-order valence-corrected chi connectivity index (χ4v) is 4.31. The van der Waals surface area contributed by atoms with Gasteiger partial charge in [0, 0.05) is 13.5 Å². The minimum atomic E-state index is -1.22. The first-order valence-electron chi connectivity index (χ1n) is 16.5. The van der Waals surface area contributed by atoms with E-state index in [2.05, 4.69) is 31.6 Å². The van der Waals surface area contributed by atoms with Crippen LogP contribution in [0.3, 0.4) is 0 Å². The van der Waals surface area contributed by atoms with Crippen molar-refractivity contribution in [3.63, 3.8) is 0 Å². The van der Waals surface area contributed by atoms with Crippen LogP contribution in [-0.2, 0) is 33.6 Å². The molecule has 50 heavy (non-hydrogen) atoms. The Hall–Kier alpha value is -4.52. The minimum absolute atomic E-state index is 0.00536. The van der Waals surface area contributed by atoms with E-state index < -0.39 is 84.8 Å². The Morgan fingerprint density at radius 1 is 0.740 bits per heavy atom.